The van der Waals surface area contributed by atoms with Crippen LogP contribution in [-0.4, -0.2) is 19.2 Å². The van der Waals surface area contributed by atoms with Crippen LogP contribution in [0.2, 0.25) is 5.02 Å². The summed E-state index contributed by atoms with van der Waals surface area (Å²) in [7, 11) is 1.51. The van der Waals surface area contributed by atoms with Crippen molar-refractivity contribution in [2.75, 3.05) is 12.4 Å². The number of hydrogen-bond acceptors (Lipinski definition) is 4. The second kappa shape index (κ2) is 8.05. The molecule has 0 bridgehead atoms. The Morgan fingerprint density at radius 1 is 1.27 bits per heavy atom. The molecule has 0 aliphatic rings. The molecule has 5 nitrogen and oxygen atoms in total. The van der Waals surface area contributed by atoms with Gasteiger partial charge in [-0.05, 0) is 23.8 Å². The number of nitrogens with zero attached hydrogens (tertiary/aromatic N) is 1. The maximum absolute atomic E-state index is 11.8. The second-order valence-corrected chi connectivity index (χ2v) is 4.76. The number of carbonyl (C=O) groups is 1. The van der Waals surface area contributed by atoms with E-state index in [2.05, 4.69) is 10.5 Å². The molecular weight excluding hydrogens is 304 g/mol. The van der Waals surface area contributed by atoms with Crippen LogP contribution in [0.5, 0.6) is 5.75 Å². The van der Waals surface area contributed by atoms with Crippen LogP contribution in [0.4, 0.5) is 5.69 Å². The zero-order valence-electron chi connectivity index (χ0n) is 12.0. The first-order chi connectivity index (χ1) is 10.7. The van der Waals surface area contributed by atoms with Gasteiger partial charge in [0.1, 0.15) is 18.6 Å². The Balaban J connectivity index is 1.87. The van der Waals surface area contributed by atoms with Crippen LogP contribution in [0.3, 0.4) is 0 Å². The van der Waals surface area contributed by atoms with Crippen LogP contribution in [0.1, 0.15) is 5.56 Å². The molecule has 0 fully saturated rings. The summed E-state index contributed by atoms with van der Waals surface area (Å²) < 4.78 is 5.14. The minimum absolute atomic E-state index is 0.297. The molecule has 2 aromatic rings. The molecule has 1 N–H and O–H groups in total. The molecule has 0 saturated carbocycles. The molecule has 0 saturated heterocycles. The quantitative estimate of drug-likeness (QED) is 0.655. The van der Waals surface area contributed by atoms with Crippen LogP contribution in [0.25, 0.3) is 0 Å². The summed E-state index contributed by atoms with van der Waals surface area (Å²) in [6, 6.07) is 14.5. The third-order valence-corrected chi connectivity index (χ3v) is 2.97. The average Bonchev–Trinajstić information content (AvgIpc) is 2.53. The van der Waals surface area contributed by atoms with Crippen molar-refractivity contribution in [1.82, 2.24) is 0 Å². The number of ether oxygens (including phenoxy) is 1. The van der Waals surface area contributed by atoms with Gasteiger partial charge in [0.2, 0.25) is 0 Å². The van der Waals surface area contributed by atoms with Gasteiger partial charge in [0.25, 0.3) is 5.91 Å². The first-order valence-corrected chi connectivity index (χ1v) is 6.90. The van der Waals surface area contributed by atoms with Crippen molar-refractivity contribution >= 4 is 29.4 Å². The summed E-state index contributed by atoms with van der Waals surface area (Å²) >= 11 is 5.89. The van der Waals surface area contributed by atoms with E-state index in [1.165, 1.54) is 7.11 Å². The van der Waals surface area contributed by atoms with Crippen LogP contribution in [0, 0.1) is 0 Å². The van der Waals surface area contributed by atoms with Crippen molar-refractivity contribution in [3.05, 3.63) is 59.1 Å². The second-order valence-electron chi connectivity index (χ2n) is 4.33. The van der Waals surface area contributed by atoms with Gasteiger partial charge in [0.05, 0.1) is 12.8 Å². The standard InChI is InChI=1S/C16H15ClN2O3/c1-21-15-8-7-13(17)9-14(15)19-16(20)10-18-22-11-12-5-3-2-4-6-12/h2-10H,11H2,1H3,(H,19,20)/b18-10-. The number of anilines is 1. The molecule has 22 heavy (non-hydrogen) atoms. The van der Waals surface area contributed by atoms with Crippen LogP contribution < -0.4 is 10.1 Å². The molecule has 0 aliphatic carbocycles. The third-order valence-electron chi connectivity index (χ3n) is 2.74. The summed E-state index contributed by atoms with van der Waals surface area (Å²) in [5, 5.41) is 6.75. The zero-order valence-corrected chi connectivity index (χ0v) is 12.7. The fraction of sp³-hybridized carbons (Fsp3) is 0.125. The number of hydrogen-bond donors (Lipinski definition) is 1. The highest BCUT2D eigenvalue weighted by molar-refractivity contribution is 6.33. The smallest absolute Gasteiger partial charge is 0.270 e. The predicted octanol–water partition coefficient (Wildman–Crippen LogP) is 3.49. The average molecular weight is 319 g/mol. The van der Waals surface area contributed by atoms with E-state index in [0.29, 0.717) is 23.1 Å². The van der Waals surface area contributed by atoms with Crippen LogP contribution >= 0.6 is 11.6 Å². The van der Waals surface area contributed by atoms with Crippen molar-refractivity contribution in [2.45, 2.75) is 6.61 Å². The minimum Gasteiger partial charge on any atom is -0.495 e. The molecule has 0 heterocycles. The molecule has 114 valence electrons. The highest BCUT2D eigenvalue weighted by Crippen LogP contribution is 2.27. The highest BCUT2D eigenvalue weighted by Gasteiger charge is 2.06. The summed E-state index contributed by atoms with van der Waals surface area (Å²) in [4.78, 5) is 16.8. The van der Waals surface area contributed by atoms with Crippen molar-refractivity contribution in [3.8, 4) is 5.75 Å². The number of oxime groups is 1. The van der Waals surface area contributed by atoms with Crippen LogP contribution in [0.15, 0.2) is 53.7 Å². The Morgan fingerprint density at radius 3 is 2.77 bits per heavy atom. The first-order valence-electron chi connectivity index (χ1n) is 6.53. The number of amides is 1. The zero-order chi connectivity index (χ0) is 15.8. The van der Waals surface area contributed by atoms with Gasteiger partial charge in [-0.15, -0.1) is 0 Å². The Kier molecular flexibility index (Phi) is 5.80. The molecule has 2 rings (SSSR count). The van der Waals surface area contributed by atoms with E-state index in [1.54, 1.807) is 18.2 Å². The SMILES string of the molecule is COc1ccc(Cl)cc1NC(=O)/C=N\OCc1ccccc1. The third kappa shape index (κ3) is 4.79. The normalized spacial score (nSPS) is 10.5. The Hall–Kier alpha value is -2.53. The monoisotopic (exact) mass is 318 g/mol. The van der Waals surface area contributed by atoms with E-state index >= 15 is 0 Å². The number of carbonyl (C=O) groups excluding carboxylic acids is 1. The lowest BCUT2D eigenvalue weighted by molar-refractivity contribution is -0.110. The van der Waals surface area contributed by atoms with Crippen molar-refractivity contribution in [2.24, 2.45) is 5.16 Å². The highest BCUT2D eigenvalue weighted by atomic mass is 35.5. The topological polar surface area (TPSA) is 59.9 Å². The molecule has 2 aromatic carbocycles. The van der Waals surface area contributed by atoms with Gasteiger partial charge < -0.3 is 14.9 Å². The summed E-state index contributed by atoms with van der Waals surface area (Å²) in [5.74, 6) is 0.0741. The maximum Gasteiger partial charge on any atom is 0.270 e. The van der Waals surface area contributed by atoms with E-state index < -0.39 is 5.91 Å². The van der Waals surface area contributed by atoms with Crippen molar-refractivity contribution in [3.63, 3.8) is 0 Å². The number of halogens is 1. The van der Waals surface area contributed by atoms with Gasteiger partial charge in [0.15, 0.2) is 0 Å². The maximum atomic E-state index is 11.8. The lowest BCUT2D eigenvalue weighted by Gasteiger charge is -2.08. The molecular formula is C16H15ClN2O3. The molecule has 0 atom stereocenters. The molecule has 0 aromatic heterocycles. The van der Waals surface area contributed by atoms with Gasteiger partial charge in [-0.3, -0.25) is 4.79 Å². The van der Waals surface area contributed by atoms with Gasteiger partial charge in [-0.1, -0.05) is 47.1 Å². The van der Waals surface area contributed by atoms with Gasteiger partial charge in [0, 0.05) is 5.02 Å². The van der Waals surface area contributed by atoms with Gasteiger partial charge in [-0.25, -0.2) is 0 Å². The number of rotatable bonds is 6. The molecule has 0 unspecified atom stereocenters. The molecule has 0 spiro atoms. The minimum atomic E-state index is -0.436. The Bertz CT molecular complexity index is 660. The van der Waals surface area contributed by atoms with E-state index in [0.717, 1.165) is 11.8 Å². The lowest BCUT2D eigenvalue weighted by atomic mass is 10.2. The largest absolute Gasteiger partial charge is 0.495 e. The number of methoxy groups -OCH3 is 1. The van der Waals surface area contributed by atoms with Gasteiger partial charge >= 0.3 is 0 Å². The van der Waals surface area contributed by atoms with Gasteiger partial charge in [-0.2, -0.15) is 0 Å². The fourth-order valence-corrected chi connectivity index (χ4v) is 1.89. The van der Waals surface area contributed by atoms with E-state index in [4.69, 9.17) is 21.2 Å². The summed E-state index contributed by atoms with van der Waals surface area (Å²) in [6.07, 6.45) is 1.06. The molecule has 6 heteroatoms. The van der Waals surface area contributed by atoms with Crippen molar-refractivity contribution in [1.29, 1.82) is 0 Å². The van der Waals surface area contributed by atoms with E-state index in [-0.39, 0.29) is 0 Å². The Morgan fingerprint density at radius 2 is 2.05 bits per heavy atom. The van der Waals surface area contributed by atoms with Crippen molar-refractivity contribution < 1.29 is 14.4 Å². The summed E-state index contributed by atoms with van der Waals surface area (Å²) in [5.41, 5.74) is 1.44. The summed E-state index contributed by atoms with van der Waals surface area (Å²) in [6.45, 7) is 0.297. The first kappa shape index (κ1) is 15.9. The van der Waals surface area contributed by atoms with Crippen LogP contribution in [-0.2, 0) is 16.2 Å². The van der Waals surface area contributed by atoms with E-state index in [9.17, 15) is 4.79 Å². The number of benzene rings is 2. The molecule has 0 radical (unpaired) electrons. The molecule has 1 amide bonds. The molecule has 0 aliphatic heterocycles. The number of nitrogens with one attached hydrogen (secondary N) is 1. The fourth-order valence-electron chi connectivity index (χ4n) is 1.71. The van der Waals surface area contributed by atoms with E-state index in [1.807, 2.05) is 30.3 Å². The lowest BCUT2D eigenvalue weighted by Crippen LogP contribution is -2.13. The Labute approximate surface area is 133 Å². The predicted molar refractivity (Wildman–Crippen MR) is 86.4 cm³/mol.